The van der Waals surface area contributed by atoms with Gasteiger partial charge >= 0.3 is 0 Å². The van der Waals surface area contributed by atoms with Crippen LogP contribution < -0.4 is 9.88 Å². The lowest BCUT2D eigenvalue weighted by atomic mass is 9.83. The van der Waals surface area contributed by atoms with Crippen LogP contribution in [-0.2, 0) is 10.0 Å². The maximum Gasteiger partial charge on any atom is 0.248 e. The maximum atomic E-state index is 13.1. The third-order valence-electron chi connectivity index (χ3n) is 3.50. The second-order valence-electron chi connectivity index (χ2n) is 5.37. The van der Waals surface area contributed by atoms with Crippen molar-refractivity contribution >= 4 is 21.6 Å². The van der Waals surface area contributed by atoms with E-state index in [1.807, 2.05) is 0 Å². The van der Waals surface area contributed by atoms with Crippen molar-refractivity contribution in [2.45, 2.75) is 42.1 Å². The number of nitrogens with zero attached hydrogens (tertiary/aromatic N) is 1. The van der Waals surface area contributed by atoms with Crippen molar-refractivity contribution in [2.75, 3.05) is 6.61 Å². The molecule has 0 spiro atoms. The van der Waals surface area contributed by atoms with Crippen molar-refractivity contribution in [3.05, 3.63) is 17.3 Å². The van der Waals surface area contributed by atoms with Crippen LogP contribution in [0.15, 0.2) is 17.2 Å². The SMILES string of the molecule is NS(=O)(=O)c1cnc(OCC2(O)CCC(F)(F)CC2)c(Cl)c1. The lowest BCUT2D eigenvalue weighted by Crippen LogP contribution is -2.43. The number of ether oxygens (including phenoxy) is 1. The summed E-state index contributed by atoms with van der Waals surface area (Å²) in [6, 6.07) is 1.07. The standard InChI is InChI=1S/C12H15ClF2N2O4S/c13-9-5-8(22(16,19)20)6-17-10(9)21-7-11(18)1-3-12(14,15)4-2-11/h5-6,18H,1-4,7H2,(H2,16,19,20). The Morgan fingerprint density at radius 2 is 1.95 bits per heavy atom. The molecule has 0 bridgehead atoms. The van der Waals surface area contributed by atoms with Gasteiger partial charge in [-0.15, -0.1) is 0 Å². The molecule has 1 heterocycles. The number of hydrogen-bond donors (Lipinski definition) is 2. The zero-order valence-electron chi connectivity index (χ0n) is 11.4. The summed E-state index contributed by atoms with van der Waals surface area (Å²) in [6.45, 7) is -0.259. The van der Waals surface area contributed by atoms with E-state index in [0.717, 1.165) is 12.3 Å². The van der Waals surface area contributed by atoms with Gasteiger partial charge in [-0.1, -0.05) is 11.6 Å². The predicted octanol–water partition coefficient (Wildman–Crippen LogP) is 1.70. The van der Waals surface area contributed by atoms with Gasteiger partial charge in [-0.2, -0.15) is 0 Å². The molecular formula is C12H15ClF2N2O4S. The summed E-state index contributed by atoms with van der Waals surface area (Å²) < 4.78 is 53.7. The zero-order valence-corrected chi connectivity index (χ0v) is 13.0. The maximum absolute atomic E-state index is 13.1. The first-order chi connectivity index (χ1) is 10.0. The fourth-order valence-electron chi connectivity index (χ4n) is 2.10. The van der Waals surface area contributed by atoms with Gasteiger partial charge in [-0.25, -0.2) is 27.3 Å². The lowest BCUT2D eigenvalue weighted by molar-refractivity contribution is -0.116. The first kappa shape index (κ1) is 17.3. The molecule has 10 heteroatoms. The summed E-state index contributed by atoms with van der Waals surface area (Å²) in [6.07, 6.45) is -0.0773. The average molecular weight is 357 g/mol. The molecule has 0 radical (unpaired) electrons. The highest BCUT2D eigenvalue weighted by atomic mass is 35.5. The molecule has 124 valence electrons. The van der Waals surface area contributed by atoms with Crippen molar-refractivity contribution < 1.29 is 27.0 Å². The molecule has 0 aliphatic heterocycles. The Morgan fingerprint density at radius 3 is 2.45 bits per heavy atom. The number of aromatic nitrogens is 1. The van der Waals surface area contributed by atoms with Crippen LogP contribution in [0, 0.1) is 0 Å². The Morgan fingerprint density at radius 1 is 1.36 bits per heavy atom. The minimum atomic E-state index is -3.94. The number of primary sulfonamides is 1. The van der Waals surface area contributed by atoms with Crippen LogP contribution in [0.3, 0.4) is 0 Å². The lowest BCUT2D eigenvalue weighted by Gasteiger charge is -2.35. The van der Waals surface area contributed by atoms with Gasteiger partial charge in [-0.3, -0.25) is 0 Å². The minimum absolute atomic E-state index is 0.0974. The van der Waals surface area contributed by atoms with Gasteiger partial charge in [0.25, 0.3) is 0 Å². The number of aliphatic hydroxyl groups is 1. The topological polar surface area (TPSA) is 103 Å². The van der Waals surface area contributed by atoms with Crippen molar-refractivity contribution in [3.8, 4) is 5.88 Å². The molecule has 1 aliphatic carbocycles. The number of rotatable bonds is 4. The van der Waals surface area contributed by atoms with E-state index in [1.165, 1.54) is 0 Å². The normalized spacial score (nSPS) is 20.6. The van der Waals surface area contributed by atoms with E-state index in [1.54, 1.807) is 0 Å². The Bertz CT molecular complexity index is 659. The van der Waals surface area contributed by atoms with Gasteiger partial charge in [0.1, 0.15) is 16.5 Å². The Hall–Kier alpha value is -1.03. The van der Waals surface area contributed by atoms with E-state index in [-0.39, 0.29) is 35.2 Å². The molecule has 6 nitrogen and oxygen atoms in total. The fraction of sp³-hybridized carbons (Fsp3) is 0.583. The summed E-state index contributed by atoms with van der Waals surface area (Å²) in [5.41, 5.74) is -1.38. The second-order valence-corrected chi connectivity index (χ2v) is 7.34. The van der Waals surface area contributed by atoms with Crippen LogP contribution in [0.1, 0.15) is 25.7 Å². The Kier molecular flexibility index (Phi) is 4.63. The molecule has 1 aromatic heterocycles. The van der Waals surface area contributed by atoms with E-state index in [2.05, 4.69) is 4.98 Å². The highest BCUT2D eigenvalue weighted by Gasteiger charge is 2.42. The quantitative estimate of drug-likeness (QED) is 0.854. The highest BCUT2D eigenvalue weighted by Crippen LogP contribution is 2.38. The van der Waals surface area contributed by atoms with Crippen molar-refractivity contribution in [2.24, 2.45) is 5.14 Å². The van der Waals surface area contributed by atoms with E-state index < -0.39 is 34.4 Å². The fourth-order valence-corrected chi connectivity index (χ4v) is 2.87. The molecule has 0 saturated heterocycles. The summed E-state index contributed by atoms with van der Waals surface area (Å²) in [7, 11) is -3.94. The van der Waals surface area contributed by atoms with Crippen LogP contribution in [0.2, 0.25) is 5.02 Å². The third kappa shape index (κ3) is 4.25. The second kappa shape index (κ2) is 5.88. The van der Waals surface area contributed by atoms with Crippen LogP contribution in [0.25, 0.3) is 0 Å². The molecule has 0 unspecified atom stereocenters. The third-order valence-corrected chi connectivity index (χ3v) is 4.65. The number of pyridine rings is 1. The van der Waals surface area contributed by atoms with Gasteiger partial charge in [0, 0.05) is 12.8 Å². The predicted molar refractivity (Wildman–Crippen MR) is 74.5 cm³/mol. The van der Waals surface area contributed by atoms with E-state index in [0.29, 0.717) is 0 Å². The first-order valence-corrected chi connectivity index (χ1v) is 8.35. The smallest absolute Gasteiger partial charge is 0.248 e. The molecule has 0 atom stereocenters. The van der Waals surface area contributed by atoms with Crippen molar-refractivity contribution in [1.29, 1.82) is 0 Å². The molecule has 2 rings (SSSR count). The monoisotopic (exact) mass is 356 g/mol. The Balaban J connectivity index is 2.03. The molecule has 3 N–H and O–H groups in total. The molecule has 0 aromatic carbocycles. The molecule has 1 aliphatic rings. The molecule has 1 saturated carbocycles. The number of alkyl halides is 2. The molecule has 1 aromatic rings. The number of hydrogen-bond acceptors (Lipinski definition) is 5. The van der Waals surface area contributed by atoms with Crippen LogP contribution in [0.4, 0.5) is 8.78 Å². The van der Waals surface area contributed by atoms with E-state index in [9.17, 15) is 22.3 Å². The molecule has 1 fully saturated rings. The van der Waals surface area contributed by atoms with Crippen molar-refractivity contribution in [1.82, 2.24) is 4.98 Å². The van der Waals surface area contributed by atoms with Gasteiger partial charge < -0.3 is 9.84 Å². The van der Waals surface area contributed by atoms with Gasteiger partial charge in [0.05, 0.1) is 11.8 Å². The van der Waals surface area contributed by atoms with Gasteiger partial charge in [-0.05, 0) is 18.9 Å². The summed E-state index contributed by atoms with van der Waals surface area (Å²) in [5.74, 6) is -2.86. The average Bonchev–Trinajstić information content (AvgIpc) is 2.40. The first-order valence-electron chi connectivity index (χ1n) is 6.42. The van der Waals surface area contributed by atoms with Crippen LogP contribution in [-0.4, -0.2) is 36.6 Å². The van der Waals surface area contributed by atoms with Crippen LogP contribution >= 0.6 is 11.6 Å². The van der Waals surface area contributed by atoms with E-state index >= 15 is 0 Å². The number of nitrogens with two attached hydrogens (primary N) is 1. The number of sulfonamides is 1. The van der Waals surface area contributed by atoms with Crippen molar-refractivity contribution in [3.63, 3.8) is 0 Å². The largest absolute Gasteiger partial charge is 0.474 e. The summed E-state index contributed by atoms with van der Waals surface area (Å²) in [5, 5.41) is 15.0. The summed E-state index contributed by atoms with van der Waals surface area (Å²) >= 11 is 5.83. The zero-order chi connectivity index (χ0) is 16.6. The minimum Gasteiger partial charge on any atom is -0.474 e. The summed E-state index contributed by atoms with van der Waals surface area (Å²) in [4.78, 5) is 3.44. The molecule has 0 amide bonds. The van der Waals surface area contributed by atoms with Crippen LogP contribution in [0.5, 0.6) is 5.88 Å². The molecular weight excluding hydrogens is 342 g/mol. The van der Waals surface area contributed by atoms with Gasteiger partial charge in [0.2, 0.25) is 21.8 Å². The molecule has 22 heavy (non-hydrogen) atoms. The van der Waals surface area contributed by atoms with E-state index in [4.69, 9.17) is 21.5 Å². The highest BCUT2D eigenvalue weighted by molar-refractivity contribution is 7.89. The Labute approximate surface area is 131 Å². The van der Waals surface area contributed by atoms with Gasteiger partial charge in [0.15, 0.2) is 0 Å². The number of halogens is 3.